The van der Waals surface area contributed by atoms with Crippen LogP contribution in [0.1, 0.15) is 122 Å². The highest BCUT2D eigenvalue weighted by Gasteiger charge is 2.21. The number of quaternary nitrogens is 1. The first-order chi connectivity index (χ1) is 29.5. The summed E-state index contributed by atoms with van der Waals surface area (Å²) in [5.74, 6) is -1.03. The molecule has 0 aliphatic rings. The van der Waals surface area contributed by atoms with E-state index in [9.17, 15) is 19.0 Å². The summed E-state index contributed by atoms with van der Waals surface area (Å²) in [6, 6.07) is 0. The van der Waals surface area contributed by atoms with E-state index >= 15 is 0 Å². The van der Waals surface area contributed by atoms with Gasteiger partial charge < -0.3 is 33.0 Å². The molecule has 0 spiro atoms. The summed E-state index contributed by atoms with van der Waals surface area (Å²) in [4.78, 5) is 37.5. The van der Waals surface area contributed by atoms with Gasteiger partial charge in [-0.3, -0.25) is 14.2 Å². The highest BCUT2D eigenvalue weighted by atomic mass is 31.2. The van der Waals surface area contributed by atoms with Crippen molar-refractivity contribution in [1.82, 2.24) is 0 Å². The van der Waals surface area contributed by atoms with Crippen LogP contribution in [0.3, 0.4) is 0 Å². The summed E-state index contributed by atoms with van der Waals surface area (Å²) in [6.45, 7) is 1.92. The number of aliphatic hydroxyl groups excluding tert-OH is 1. The van der Waals surface area contributed by atoms with Gasteiger partial charge in [0.25, 0.3) is 7.82 Å². The van der Waals surface area contributed by atoms with Crippen LogP contribution in [0.5, 0.6) is 0 Å². The van der Waals surface area contributed by atoms with Crippen LogP contribution in [0.15, 0.2) is 122 Å². The number of hydrogen-bond acceptors (Lipinski definition) is 9. The molecule has 10 nitrogen and oxygen atoms in total. The Bertz CT molecular complexity index is 1450. The first-order valence-corrected chi connectivity index (χ1v) is 23.8. The number of unbranched alkanes of at least 4 members (excludes halogenated alkanes) is 4. The molecular formula is C50H80NO9P. The molecule has 0 aliphatic carbocycles. The molecule has 344 valence electrons. The molecule has 0 fully saturated rings. The molecule has 11 heteroatoms. The van der Waals surface area contributed by atoms with Gasteiger partial charge in [0.15, 0.2) is 6.10 Å². The Morgan fingerprint density at radius 2 is 1.00 bits per heavy atom. The fourth-order valence-corrected chi connectivity index (χ4v) is 5.79. The minimum atomic E-state index is -4.67. The zero-order valence-corrected chi connectivity index (χ0v) is 38.9. The van der Waals surface area contributed by atoms with E-state index in [4.69, 9.17) is 23.6 Å². The summed E-state index contributed by atoms with van der Waals surface area (Å²) in [7, 11) is 1.05. The summed E-state index contributed by atoms with van der Waals surface area (Å²) in [5.41, 5.74) is 0. The molecule has 0 radical (unpaired) electrons. The third-order valence-corrected chi connectivity index (χ3v) is 9.50. The molecule has 0 aromatic carbocycles. The molecule has 2 atom stereocenters. The lowest BCUT2D eigenvalue weighted by molar-refractivity contribution is -0.870. The third-order valence-electron chi connectivity index (χ3n) is 8.53. The van der Waals surface area contributed by atoms with E-state index in [2.05, 4.69) is 104 Å². The lowest BCUT2D eigenvalue weighted by Gasteiger charge is -2.28. The van der Waals surface area contributed by atoms with Crippen LogP contribution < -0.4 is 4.89 Å². The quantitative estimate of drug-likeness (QED) is 0.0211. The Kier molecular flexibility index (Phi) is 39.2. The second-order valence-electron chi connectivity index (χ2n) is 15.4. The molecule has 1 N–H and O–H groups in total. The van der Waals surface area contributed by atoms with Crippen molar-refractivity contribution in [1.29, 1.82) is 0 Å². The number of likely N-dealkylation sites (N-methyl/N-ethyl adjacent to an activating group) is 1. The van der Waals surface area contributed by atoms with Crippen LogP contribution in [-0.4, -0.2) is 81.7 Å². The number of esters is 2. The molecule has 0 rings (SSSR count). The third kappa shape index (κ3) is 45.7. The van der Waals surface area contributed by atoms with E-state index < -0.39 is 32.5 Å². The van der Waals surface area contributed by atoms with Crippen LogP contribution in [0.25, 0.3) is 0 Å². The average Bonchev–Trinajstić information content (AvgIpc) is 3.21. The number of allylic oxidation sites excluding steroid dienone is 20. The molecule has 0 saturated heterocycles. The van der Waals surface area contributed by atoms with Crippen molar-refractivity contribution < 1.29 is 47.2 Å². The van der Waals surface area contributed by atoms with E-state index in [1.807, 2.05) is 45.4 Å². The van der Waals surface area contributed by atoms with E-state index in [1.54, 1.807) is 0 Å². The largest absolute Gasteiger partial charge is 0.756 e. The molecule has 61 heavy (non-hydrogen) atoms. The van der Waals surface area contributed by atoms with E-state index in [0.717, 1.165) is 83.5 Å². The van der Waals surface area contributed by atoms with Gasteiger partial charge in [-0.2, -0.15) is 0 Å². The molecule has 0 saturated carbocycles. The number of nitrogens with zero attached hydrogens (tertiary/aromatic N) is 1. The molecule has 0 aromatic rings. The first kappa shape index (κ1) is 57.4. The van der Waals surface area contributed by atoms with Gasteiger partial charge in [0.2, 0.25) is 0 Å². The summed E-state index contributed by atoms with van der Waals surface area (Å²) in [6.07, 6.45) is 55.5. The number of phosphoric acid groups is 1. The molecule has 0 heterocycles. The number of carbonyl (C=O) groups excluding carboxylic acids is 2. The van der Waals surface area contributed by atoms with Gasteiger partial charge in [-0.1, -0.05) is 135 Å². The summed E-state index contributed by atoms with van der Waals surface area (Å²) >= 11 is 0. The second kappa shape index (κ2) is 41.7. The Balaban J connectivity index is 4.59. The van der Waals surface area contributed by atoms with Gasteiger partial charge in [0.1, 0.15) is 19.8 Å². The minimum absolute atomic E-state index is 0.0648. The van der Waals surface area contributed by atoms with Crippen LogP contribution in [0.4, 0.5) is 0 Å². The lowest BCUT2D eigenvalue weighted by atomic mass is 10.2. The highest BCUT2D eigenvalue weighted by molar-refractivity contribution is 7.45. The topological polar surface area (TPSA) is 131 Å². The summed E-state index contributed by atoms with van der Waals surface area (Å²) in [5, 5.41) is 8.80. The predicted octanol–water partition coefficient (Wildman–Crippen LogP) is 11.2. The number of hydrogen-bond donors (Lipinski definition) is 1. The number of ether oxygens (including phenoxy) is 2. The monoisotopic (exact) mass is 870 g/mol. The Labute approximate surface area is 370 Å². The SMILES string of the molecule is CC/C=C\C/C=C\C/C=C\C/C=C\C/C=C\C/C=C\CCC(=O)OC[C@H](COP(=O)([O-])OCC[N+](C)(C)C)OC(=O)CCC/C=C\C/C=C\C/C=C\C/C=C\CCCCCO. The number of aliphatic hydroxyl groups is 1. The smallest absolute Gasteiger partial charge is 0.306 e. The number of phosphoric ester groups is 1. The fourth-order valence-electron chi connectivity index (χ4n) is 5.06. The van der Waals surface area contributed by atoms with Crippen LogP contribution in [-0.2, 0) is 32.7 Å². The zero-order chi connectivity index (χ0) is 45.0. The summed E-state index contributed by atoms with van der Waals surface area (Å²) < 4.78 is 33.7. The maximum Gasteiger partial charge on any atom is 0.306 e. The average molecular weight is 870 g/mol. The van der Waals surface area contributed by atoms with Crippen molar-refractivity contribution in [2.45, 2.75) is 129 Å². The highest BCUT2D eigenvalue weighted by Crippen LogP contribution is 2.38. The van der Waals surface area contributed by atoms with Crippen LogP contribution >= 0.6 is 7.82 Å². The van der Waals surface area contributed by atoms with Gasteiger partial charge in [-0.15, -0.1) is 0 Å². The van der Waals surface area contributed by atoms with Gasteiger partial charge in [-0.05, 0) is 96.3 Å². The Morgan fingerprint density at radius 3 is 1.46 bits per heavy atom. The van der Waals surface area contributed by atoms with Gasteiger partial charge in [0.05, 0.1) is 27.7 Å². The van der Waals surface area contributed by atoms with E-state index in [-0.39, 0.29) is 32.7 Å². The molecular weight excluding hydrogens is 790 g/mol. The number of rotatable bonds is 39. The normalized spacial score (nSPS) is 14.7. The number of carbonyl (C=O) groups is 2. The molecule has 0 aromatic heterocycles. The first-order valence-electron chi connectivity index (χ1n) is 22.4. The van der Waals surface area contributed by atoms with Crippen molar-refractivity contribution in [3.8, 4) is 0 Å². The van der Waals surface area contributed by atoms with Crippen LogP contribution in [0.2, 0.25) is 0 Å². The molecule has 0 amide bonds. The Hall–Kier alpha value is -3.63. The predicted molar refractivity (Wildman–Crippen MR) is 251 cm³/mol. The van der Waals surface area contributed by atoms with Crippen LogP contribution in [0, 0.1) is 0 Å². The van der Waals surface area contributed by atoms with Crippen molar-refractivity contribution in [3.05, 3.63) is 122 Å². The minimum Gasteiger partial charge on any atom is -0.756 e. The maximum absolute atomic E-state index is 12.7. The maximum atomic E-state index is 12.7. The van der Waals surface area contributed by atoms with Gasteiger partial charge in [-0.25, -0.2) is 0 Å². The van der Waals surface area contributed by atoms with E-state index in [0.29, 0.717) is 30.3 Å². The van der Waals surface area contributed by atoms with E-state index in [1.165, 1.54) is 0 Å². The van der Waals surface area contributed by atoms with Crippen molar-refractivity contribution in [2.24, 2.45) is 0 Å². The molecule has 1 unspecified atom stereocenters. The molecule has 0 aliphatic heterocycles. The zero-order valence-electron chi connectivity index (χ0n) is 38.0. The van der Waals surface area contributed by atoms with Crippen molar-refractivity contribution in [2.75, 3.05) is 54.1 Å². The second-order valence-corrected chi connectivity index (χ2v) is 16.8. The lowest BCUT2D eigenvalue weighted by Crippen LogP contribution is -2.37. The van der Waals surface area contributed by atoms with Gasteiger partial charge in [0, 0.05) is 19.4 Å². The van der Waals surface area contributed by atoms with Crippen molar-refractivity contribution >= 4 is 19.8 Å². The standard InChI is InChI=1S/C50H80NO9P/c1-5-6-7-8-9-10-11-12-13-14-15-17-20-23-26-29-32-35-38-41-49(53)57-46-48(47-59-61(55,56)58-45-43-51(2,3)4)60-50(54)42-39-36-33-30-27-24-21-18-16-19-22-25-28-31-34-37-40-44-52/h6-7,9-10,12-13,15-17,19,21,23-26,28,30,32-33,35,48,52H,5,8,11,14,18,20,22,27,29,31,34,36-47H2,1-4H3/b7-6-,10-9-,13-12-,17-15-,19-16-,24-21-,26-23-,28-25-,33-30-,35-32-/t48-/m1/s1. The van der Waals surface area contributed by atoms with Crippen molar-refractivity contribution in [3.63, 3.8) is 0 Å². The Morgan fingerprint density at radius 1 is 0.557 bits per heavy atom. The fraction of sp³-hybridized carbons (Fsp3) is 0.560. The molecule has 0 bridgehead atoms. The van der Waals surface area contributed by atoms with Gasteiger partial charge >= 0.3 is 11.9 Å².